The third kappa shape index (κ3) is 2.97. The van der Waals surface area contributed by atoms with Crippen LogP contribution in [0.4, 0.5) is 0 Å². The zero-order valence-corrected chi connectivity index (χ0v) is 10.6. The van der Waals surface area contributed by atoms with Crippen molar-refractivity contribution in [2.45, 2.75) is 13.5 Å². The Kier molecular flexibility index (Phi) is 3.74. The molecular formula is C14H12O6. The molecule has 0 saturated heterocycles. The van der Waals surface area contributed by atoms with Crippen molar-refractivity contribution in [1.29, 1.82) is 0 Å². The van der Waals surface area contributed by atoms with Crippen molar-refractivity contribution in [3.8, 4) is 5.75 Å². The molecule has 2 N–H and O–H groups in total. The first kappa shape index (κ1) is 13.7. The van der Waals surface area contributed by atoms with Gasteiger partial charge in [0.2, 0.25) is 0 Å². The van der Waals surface area contributed by atoms with Crippen LogP contribution in [0.2, 0.25) is 0 Å². The van der Waals surface area contributed by atoms with E-state index in [1.807, 2.05) is 0 Å². The SMILES string of the molecule is Cc1oc(COc2ccc(C(=O)O)cc2)cc1C(=O)O. The molecular weight excluding hydrogens is 264 g/mol. The number of aryl methyl sites for hydroxylation is 1. The average molecular weight is 276 g/mol. The van der Waals surface area contributed by atoms with Crippen LogP contribution in [0, 0.1) is 6.92 Å². The fourth-order valence-corrected chi connectivity index (χ4v) is 1.68. The van der Waals surface area contributed by atoms with Gasteiger partial charge in [-0.25, -0.2) is 9.59 Å². The second kappa shape index (κ2) is 5.48. The number of benzene rings is 1. The molecule has 104 valence electrons. The van der Waals surface area contributed by atoms with Crippen LogP contribution in [0.15, 0.2) is 34.7 Å². The van der Waals surface area contributed by atoms with Gasteiger partial charge in [0.05, 0.1) is 5.56 Å². The van der Waals surface area contributed by atoms with E-state index >= 15 is 0 Å². The number of ether oxygens (including phenoxy) is 1. The van der Waals surface area contributed by atoms with E-state index in [0.29, 0.717) is 17.3 Å². The monoisotopic (exact) mass is 276 g/mol. The van der Waals surface area contributed by atoms with E-state index in [2.05, 4.69) is 0 Å². The van der Waals surface area contributed by atoms with Crippen molar-refractivity contribution in [3.63, 3.8) is 0 Å². The van der Waals surface area contributed by atoms with Crippen LogP contribution in [-0.2, 0) is 6.61 Å². The Hall–Kier alpha value is -2.76. The van der Waals surface area contributed by atoms with Gasteiger partial charge in [-0.15, -0.1) is 0 Å². The first-order chi connectivity index (χ1) is 9.47. The maximum atomic E-state index is 10.9. The number of hydrogen-bond acceptors (Lipinski definition) is 4. The Morgan fingerprint density at radius 1 is 1.15 bits per heavy atom. The standard InChI is InChI=1S/C14H12O6/c1-8-12(14(17)18)6-11(20-8)7-19-10-4-2-9(3-5-10)13(15)16/h2-6H,7H2,1H3,(H,15,16)(H,17,18). The van der Waals surface area contributed by atoms with Crippen LogP contribution >= 0.6 is 0 Å². The van der Waals surface area contributed by atoms with Crippen LogP contribution in [0.5, 0.6) is 5.75 Å². The molecule has 0 unspecified atom stereocenters. The predicted octanol–water partition coefficient (Wildman–Crippen LogP) is 2.56. The lowest BCUT2D eigenvalue weighted by molar-refractivity contribution is 0.0685. The molecule has 1 heterocycles. The first-order valence-corrected chi connectivity index (χ1v) is 5.76. The van der Waals surface area contributed by atoms with E-state index in [0.717, 1.165) is 0 Å². The molecule has 0 atom stereocenters. The molecule has 0 bridgehead atoms. The normalized spacial score (nSPS) is 10.2. The topological polar surface area (TPSA) is 97.0 Å². The van der Waals surface area contributed by atoms with E-state index in [1.54, 1.807) is 6.92 Å². The number of carbonyl (C=O) groups is 2. The van der Waals surface area contributed by atoms with Crippen LogP contribution < -0.4 is 4.74 Å². The second-order valence-corrected chi connectivity index (χ2v) is 4.11. The van der Waals surface area contributed by atoms with Crippen molar-refractivity contribution < 1.29 is 29.0 Å². The van der Waals surface area contributed by atoms with E-state index in [1.165, 1.54) is 30.3 Å². The Balaban J connectivity index is 2.03. The lowest BCUT2D eigenvalue weighted by Gasteiger charge is -2.04. The number of carboxylic acids is 2. The minimum absolute atomic E-state index is 0.0700. The third-order valence-electron chi connectivity index (χ3n) is 2.68. The van der Waals surface area contributed by atoms with Crippen LogP contribution in [0.1, 0.15) is 32.2 Å². The van der Waals surface area contributed by atoms with Crippen molar-refractivity contribution in [2.75, 3.05) is 0 Å². The molecule has 6 heteroatoms. The second-order valence-electron chi connectivity index (χ2n) is 4.11. The molecule has 2 aromatic rings. The van der Waals surface area contributed by atoms with Gasteiger partial charge < -0.3 is 19.4 Å². The highest BCUT2D eigenvalue weighted by Crippen LogP contribution is 2.18. The summed E-state index contributed by atoms with van der Waals surface area (Å²) in [4.78, 5) is 21.5. The molecule has 0 aliphatic carbocycles. The quantitative estimate of drug-likeness (QED) is 0.871. The largest absolute Gasteiger partial charge is 0.486 e. The fraction of sp³-hybridized carbons (Fsp3) is 0.143. The van der Waals surface area contributed by atoms with Crippen molar-refractivity contribution in [3.05, 3.63) is 53.0 Å². The summed E-state index contributed by atoms with van der Waals surface area (Å²) in [5.41, 5.74) is 0.268. The van der Waals surface area contributed by atoms with Gasteiger partial charge in [-0.3, -0.25) is 0 Å². The average Bonchev–Trinajstić information content (AvgIpc) is 2.78. The van der Waals surface area contributed by atoms with Crippen LogP contribution in [0.3, 0.4) is 0 Å². The predicted molar refractivity (Wildman–Crippen MR) is 68.1 cm³/mol. The molecule has 0 saturated carbocycles. The smallest absolute Gasteiger partial charge is 0.339 e. The lowest BCUT2D eigenvalue weighted by Crippen LogP contribution is -1.97. The van der Waals surface area contributed by atoms with Gasteiger partial charge in [0.1, 0.15) is 29.4 Å². The fourth-order valence-electron chi connectivity index (χ4n) is 1.68. The lowest BCUT2D eigenvalue weighted by atomic mass is 10.2. The number of rotatable bonds is 5. The molecule has 1 aromatic carbocycles. The first-order valence-electron chi connectivity index (χ1n) is 5.76. The van der Waals surface area contributed by atoms with Gasteiger partial charge in [0.25, 0.3) is 0 Å². The summed E-state index contributed by atoms with van der Waals surface area (Å²) in [6.07, 6.45) is 0. The molecule has 6 nitrogen and oxygen atoms in total. The van der Waals surface area contributed by atoms with E-state index in [9.17, 15) is 9.59 Å². The Labute approximate surface area is 114 Å². The van der Waals surface area contributed by atoms with Crippen LogP contribution in [-0.4, -0.2) is 22.2 Å². The number of hydrogen-bond donors (Lipinski definition) is 2. The molecule has 0 radical (unpaired) electrons. The summed E-state index contributed by atoms with van der Waals surface area (Å²) in [6.45, 7) is 1.63. The zero-order chi connectivity index (χ0) is 14.7. The van der Waals surface area contributed by atoms with Gasteiger partial charge in [0.15, 0.2) is 0 Å². The minimum atomic E-state index is -1.05. The summed E-state index contributed by atoms with van der Waals surface area (Å²) in [5.74, 6) is -0.881. The molecule has 0 fully saturated rings. The van der Waals surface area contributed by atoms with Gasteiger partial charge in [-0.2, -0.15) is 0 Å². The number of furan rings is 1. The highest BCUT2D eigenvalue weighted by molar-refractivity contribution is 5.88. The van der Waals surface area contributed by atoms with Gasteiger partial charge >= 0.3 is 11.9 Å². The Bertz CT molecular complexity index is 638. The van der Waals surface area contributed by atoms with Gasteiger partial charge in [0, 0.05) is 0 Å². The summed E-state index contributed by atoms with van der Waals surface area (Å²) in [5, 5.41) is 17.6. The molecule has 20 heavy (non-hydrogen) atoms. The summed E-state index contributed by atoms with van der Waals surface area (Å²) < 4.78 is 10.7. The highest BCUT2D eigenvalue weighted by Gasteiger charge is 2.13. The number of aromatic carboxylic acids is 2. The van der Waals surface area contributed by atoms with Gasteiger partial charge in [-0.1, -0.05) is 0 Å². The van der Waals surface area contributed by atoms with Crippen molar-refractivity contribution >= 4 is 11.9 Å². The summed E-state index contributed by atoms with van der Waals surface area (Å²) in [6, 6.07) is 7.31. The zero-order valence-electron chi connectivity index (χ0n) is 10.6. The van der Waals surface area contributed by atoms with E-state index < -0.39 is 11.9 Å². The highest BCUT2D eigenvalue weighted by atomic mass is 16.5. The Morgan fingerprint density at radius 3 is 2.30 bits per heavy atom. The summed E-state index contributed by atoms with van der Waals surface area (Å²) >= 11 is 0. The minimum Gasteiger partial charge on any atom is -0.486 e. The Morgan fingerprint density at radius 2 is 1.80 bits per heavy atom. The van der Waals surface area contributed by atoms with Crippen molar-refractivity contribution in [2.24, 2.45) is 0 Å². The molecule has 0 aliphatic rings. The number of carboxylic acid groups (broad SMARTS) is 2. The molecule has 0 spiro atoms. The summed E-state index contributed by atoms with van der Waals surface area (Å²) in [7, 11) is 0. The third-order valence-corrected chi connectivity index (χ3v) is 2.68. The molecule has 1 aromatic heterocycles. The van der Waals surface area contributed by atoms with Crippen molar-refractivity contribution in [1.82, 2.24) is 0 Å². The van der Waals surface area contributed by atoms with E-state index in [4.69, 9.17) is 19.4 Å². The van der Waals surface area contributed by atoms with Crippen LogP contribution in [0.25, 0.3) is 0 Å². The van der Waals surface area contributed by atoms with Gasteiger partial charge in [-0.05, 0) is 37.3 Å². The maximum absolute atomic E-state index is 10.9. The molecule has 2 rings (SSSR count). The van der Waals surface area contributed by atoms with E-state index in [-0.39, 0.29) is 17.7 Å². The maximum Gasteiger partial charge on any atom is 0.339 e. The molecule has 0 amide bonds. The molecule has 0 aliphatic heterocycles.